The molecule has 106 valence electrons. The molecule has 2 nitrogen and oxygen atoms in total. The molecule has 0 fully saturated rings. The van der Waals surface area contributed by atoms with Gasteiger partial charge >= 0.3 is 0 Å². The van der Waals surface area contributed by atoms with Crippen molar-refractivity contribution in [1.82, 2.24) is 5.32 Å². The summed E-state index contributed by atoms with van der Waals surface area (Å²) >= 11 is 0. The Hall–Kier alpha value is -1.94. The summed E-state index contributed by atoms with van der Waals surface area (Å²) in [4.78, 5) is 0. The van der Waals surface area contributed by atoms with Gasteiger partial charge in [0.15, 0.2) is 0 Å². The van der Waals surface area contributed by atoms with Crippen molar-refractivity contribution >= 4 is 0 Å². The van der Waals surface area contributed by atoms with E-state index in [2.05, 4.69) is 5.32 Å². The summed E-state index contributed by atoms with van der Waals surface area (Å²) in [6.45, 7) is -0.0113. The highest BCUT2D eigenvalue weighted by atomic mass is 19.3. The lowest BCUT2D eigenvalue weighted by Gasteiger charge is -2.13. The van der Waals surface area contributed by atoms with Crippen molar-refractivity contribution in [2.45, 2.75) is 13.0 Å². The van der Waals surface area contributed by atoms with E-state index in [-0.39, 0.29) is 0 Å². The topological polar surface area (TPSA) is 21.3 Å². The van der Waals surface area contributed by atoms with Crippen LogP contribution >= 0.6 is 0 Å². The Labute approximate surface area is 117 Å². The highest BCUT2D eigenvalue weighted by Gasteiger charge is 2.09. The van der Waals surface area contributed by atoms with E-state index < -0.39 is 13.0 Å². The molecule has 0 atom stereocenters. The lowest BCUT2D eigenvalue weighted by molar-refractivity contribution is 0.0814. The van der Waals surface area contributed by atoms with Gasteiger partial charge in [-0.2, -0.15) is 0 Å². The second-order valence-electron chi connectivity index (χ2n) is 4.42. The van der Waals surface area contributed by atoms with E-state index in [0.29, 0.717) is 12.3 Å². The molecule has 4 heteroatoms. The number of ether oxygens (including phenoxy) is 1. The first-order chi connectivity index (χ1) is 9.70. The van der Waals surface area contributed by atoms with Crippen molar-refractivity contribution in [3.63, 3.8) is 0 Å². The van der Waals surface area contributed by atoms with Crippen LogP contribution in [0.3, 0.4) is 0 Å². The highest BCUT2D eigenvalue weighted by molar-refractivity contribution is 5.66. The van der Waals surface area contributed by atoms with Gasteiger partial charge in [0, 0.05) is 12.1 Å². The molecule has 0 amide bonds. The third kappa shape index (κ3) is 3.78. The Kier molecular flexibility index (Phi) is 5.07. The second kappa shape index (κ2) is 7.01. The van der Waals surface area contributed by atoms with Gasteiger partial charge in [-0.3, -0.25) is 0 Å². The van der Waals surface area contributed by atoms with E-state index in [0.717, 1.165) is 16.7 Å². The normalized spacial score (nSPS) is 10.8. The molecule has 2 aromatic rings. The van der Waals surface area contributed by atoms with E-state index in [1.165, 1.54) is 0 Å². The molecule has 0 radical (unpaired) electrons. The number of hydrogen-bond donors (Lipinski definition) is 1. The molecule has 1 N–H and O–H groups in total. The maximum absolute atomic E-state index is 12.3. The van der Waals surface area contributed by atoms with Gasteiger partial charge in [-0.25, -0.2) is 8.78 Å². The minimum atomic E-state index is -2.47. The van der Waals surface area contributed by atoms with Crippen LogP contribution in [0.15, 0.2) is 48.5 Å². The predicted molar refractivity (Wildman–Crippen MR) is 76.1 cm³/mol. The molecule has 0 aliphatic rings. The van der Waals surface area contributed by atoms with Gasteiger partial charge in [0.25, 0.3) is 6.43 Å². The fourth-order valence-electron chi connectivity index (χ4n) is 1.99. The van der Waals surface area contributed by atoms with Gasteiger partial charge in [-0.15, -0.1) is 0 Å². The smallest absolute Gasteiger partial charge is 0.272 e. The first-order valence-corrected chi connectivity index (χ1v) is 6.44. The van der Waals surface area contributed by atoms with Crippen molar-refractivity contribution in [1.29, 1.82) is 0 Å². The van der Waals surface area contributed by atoms with Crippen LogP contribution in [0.1, 0.15) is 5.56 Å². The molecular weight excluding hydrogens is 260 g/mol. The van der Waals surface area contributed by atoms with Crippen LogP contribution in [0.25, 0.3) is 11.1 Å². The zero-order chi connectivity index (χ0) is 14.4. The highest BCUT2D eigenvalue weighted by Crippen LogP contribution is 2.27. The van der Waals surface area contributed by atoms with Crippen LogP contribution in [-0.4, -0.2) is 20.1 Å². The first-order valence-electron chi connectivity index (χ1n) is 6.44. The largest absolute Gasteiger partial charge is 0.487 e. The number of nitrogens with one attached hydrogen (secondary N) is 1. The zero-order valence-corrected chi connectivity index (χ0v) is 11.3. The van der Waals surface area contributed by atoms with Gasteiger partial charge in [-0.05, 0) is 24.2 Å². The number of halogens is 2. The van der Waals surface area contributed by atoms with Gasteiger partial charge < -0.3 is 10.1 Å². The van der Waals surface area contributed by atoms with Crippen molar-refractivity contribution in [3.05, 3.63) is 54.1 Å². The fraction of sp³-hybridized carbons (Fsp3) is 0.250. The Balaban J connectivity index is 2.30. The molecule has 0 aromatic heterocycles. The SMILES string of the molecule is CNCc1ccc(-c2ccccc2)cc1OCC(F)F. The number of hydrogen-bond acceptors (Lipinski definition) is 2. The van der Waals surface area contributed by atoms with Crippen LogP contribution in [0.5, 0.6) is 5.75 Å². The minimum absolute atomic E-state index is 0.501. The molecular formula is C16H17F2NO. The van der Waals surface area contributed by atoms with E-state index >= 15 is 0 Å². The van der Waals surface area contributed by atoms with Crippen LogP contribution in [0.2, 0.25) is 0 Å². The van der Waals surface area contributed by atoms with E-state index in [1.54, 1.807) is 0 Å². The number of rotatable bonds is 6. The Morgan fingerprint density at radius 1 is 1.05 bits per heavy atom. The predicted octanol–water partition coefficient (Wildman–Crippen LogP) is 3.72. The molecule has 20 heavy (non-hydrogen) atoms. The fourth-order valence-corrected chi connectivity index (χ4v) is 1.99. The number of alkyl halides is 2. The van der Waals surface area contributed by atoms with E-state index in [9.17, 15) is 8.78 Å². The summed E-state index contributed by atoms with van der Waals surface area (Å²) in [5.41, 5.74) is 2.85. The summed E-state index contributed by atoms with van der Waals surface area (Å²) in [5.74, 6) is 0.501. The van der Waals surface area contributed by atoms with Crippen molar-refractivity contribution < 1.29 is 13.5 Å². The van der Waals surface area contributed by atoms with Crippen LogP contribution in [0, 0.1) is 0 Å². The number of benzene rings is 2. The molecule has 0 spiro atoms. The maximum Gasteiger partial charge on any atom is 0.272 e. The first kappa shape index (κ1) is 14.5. The molecule has 0 unspecified atom stereocenters. The molecule has 2 aromatic carbocycles. The van der Waals surface area contributed by atoms with Crippen molar-refractivity contribution in [2.24, 2.45) is 0 Å². The average molecular weight is 277 g/mol. The molecule has 0 aliphatic heterocycles. The zero-order valence-electron chi connectivity index (χ0n) is 11.3. The van der Waals surface area contributed by atoms with Gasteiger partial charge in [0.1, 0.15) is 12.4 Å². The van der Waals surface area contributed by atoms with E-state index in [4.69, 9.17) is 4.74 Å². The van der Waals surface area contributed by atoms with Crippen molar-refractivity contribution in [2.75, 3.05) is 13.7 Å². The maximum atomic E-state index is 12.3. The molecule has 0 saturated carbocycles. The molecule has 0 heterocycles. The summed E-state index contributed by atoms with van der Waals surface area (Å²) in [6, 6.07) is 15.5. The second-order valence-corrected chi connectivity index (χ2v) is 4.42. The molecule has 0 bridgehead atoms. The quantitative estimate of drug-likeness (QED) is 0.869. The molecule has 0 saturated heterocycles. The summed E-state index contributed by atoms with van der Waals surface area (Å²) in [5, 5.41) is 3.00. The molecule has 0 aliphatic carbocycles. The van der Waals surface area contributed by atoms with Gasteiger partial charge in [0.05, 0.1) is 0 Å². The summed E-state index contributed by atoms with van der Waals surface area (Å²) in [6.07, 6.45) is -2.47. The van der Waals surface area contributed by atoms with Gasteiger partial charge in [0.2, 0.25) is 0 Å². The van der Waals surface area contributed by atoms with Gasteiger partial charge in [-0.1, -0.05) is 42.5 Å². The van der Waals surface area contributed by atoms with Crippen LogP contribution in [0.4, 0.5) is 8.78 Å². The minimum Gasteiger partial charge on any atom is -0.487 e. The summed E-state index contributed by atoms with van der Waals surface area (Å²) < 4.78 is 29.9. The van der Waals surface area contributed by atoms with E-state index in [1.807, 2.05) is 55.6 Å². The third-order valence-electron chi connectivity index (χ3n) is 2.91. The lowest BCUT2D eigenvalue weighted by Crippen LogP contribution is -2.11. The Bertz CT molecular complexity index is 543. The standard InChI is InChI=1S/C16H17F2NO/c1-19-10-14-8-7-13(12-5-3-2-4-6-12)9-15(14)20-11-16(17)18/h2-9,16,19H,10-11H2,1H3. The monoisotopic (exact) mass is 277 g/mol. The lowest BCUT2D eigenvalue weighted by atomic mass is 10.0. The Morgan fingerprint density at radius 3 is 2.45 bits per heavy atom. The van der Waals surface area contributed by atoms with Crippen molar-refractivity contribution in [3.8, 4) is 16.9 Å². The Morgan fingerprint density at radius 2 is 1.80 bits per heavy atom. The van der Waals surface area contributed by atoms with Crippen LogP contribution in [-0.2, 0) is 6.54 Å². The van der Waals surface area contributed by atoms with Crippen LogP contribution < -0.4 is 10.1 Å². The average Bonchev–Trinajstić information content (AvgIpc) is 2.47. The molecule has 2 rings (SSSR count). The summed E-state index contributed by atoms with van der Waals surface area (Å²) in [7, 11) is 1.81. The third-order valence-corrected chi connectivity index (χ3v) is 2.91.